The molecule has 1 aliphatic rings. The van der Waals surface area contributed by atoms with Crippen molar-refractivity contribution in [3.63, 3.8) is 0 Å². The summed E-state index contributed by atoms with van der Waals surface area (Å²) in [5.74, 6) is 0.00353. The van der Waals surface area contributed by atoms with Crippen molar-refractivity contribution >= 4 is 35.1 Å². The van der Waals surface area contributed by atoms with Gasteiger partial charge in [0.2, 0.25) is 0 Å². The average molecular weight is 405 g/mol. The molecule has 1 unspecified atom stereocenters. The number of nitrogens with zero attached hydrogens (tertiary/aromatic N) is 4. The molecule has 2 aromatic carbocycles. The fourth-order valence-electron chi connectivity index (χ4n) is 3.46. The van der Waals surface area contributed by atoms with Crippen molar-refractivity contribution in [2.24, 2.45) is 5.10 Å². The van der Waals surface area contributed by atoms with Crippen LogP contribution in [0, 0.1) is 0 Å². The molecular weight excluding hydrogens is 388 g/mol. The fraction of sp³-hybridized carbons (Fsp3) is 0.0909. The summed E-state index contributed by atoms with van der Waals surface area (Å²) in [7, 11) is 0. The SMILES string of the molecule is Cl.O=C(c1ccco1)N1N=C(c2ccccc2)CC1c1ccc2nccnc2c1. The molecule has 1 aliphatic heterocycles. The van der Waals surface area contributed by atoms with Crippen molar-refractivity contribution < 1.29 is 9.21 Å². The lowest BCUT2D eigenvalue weighted by molar-refractivity contribution is 0.0678. The third-order valence-corrected chi connectivity index (χ3v) is 4.84. The van der Waals surface area contributed by atoms with Gasteiger partial charge in [-0.05, 0) is 35.4 Å². The van der Waals surface area contributed by atoms with Crippen molar-refractivity contribution in [1.29, 1.82) is 0 Å². The van der Waals surface area contributed by atoms with Crippen LogP contribution in [-0.4, -0.2) is 26.6 Å². The highest BCUT2D eigenvalue weighted by molar-refractivity contribution is 6.04. The maximum atomic E-state index is 13.0. The molecule has 2 aromatic heterocycles. The van der Waals surface area contributed by atoms with Gasteiger partial charge in [0.15, 0.2) is 5.76 Å². The van der Waals surface area contributed by atoms with Crippen LogP contribution in [0.5, 0.6) is 0 Å². The van der Waals surface area contributed by atoms with Crippen molar-refractivity contribution in [1.82, 2.24) is 15.0 Å². The minimum absolute atomic E-state index is 0. The van der Waals surface area contributed by atoms with Gasteiger partial charge in [-0.2, -0.15) is 5.10 Å². The van der Waals surface area contributed by atoms with Crippen molar-refractivity contribution in [3.8, 4) is 0 Å². The van der Waals surface area contributed by atoms with Crippen LogP contribution in [-0.2, 0) is 0 Å². The van der Waals surface area contributed by atoms with E-state index in [-0.39, 0.29) is 30.1 Å². The fourth-order valence-corrected chi connectivity index (χ4v) is 3.46. The van der Waals surface area contributed by atoms with Crippen LogP contribution in [0.1, 0.15) is 34.1 Å². The van der Waals surface area contributed by atoms with Gasteiger partial charge in [0, 0.05) is 18.8 Å². The Balaban J connectivity index is 0.00000205. The van der Waals surface area contributed by atoms with Gasteiger partial charge in [0.1, 0.15) is 0 Å². The smallest absolute Gasteiger partial charge is 0.310 e. The standard InChI is InChI=1S/C22H16N4O2.ClH/c27-22(21-7-4-12-28-21)26-20(14-18(25-26)15-5-2-1-3-6-15)16-8-9-17-19(13-16)24-11-10-23-17;/h1-13,20H,14H2;1H. The summed E-state index contributed by atoms with van der Waals surface area (Å²) in [6, 6.07) is 18.9. The predicted octanol–water partition coefficient (Wildman–Crippen LogP) is 4.64. The summed E-state index contributed by atoms with van der Waals surface area (Å²) in [6.07, 6.45) is 5.44. The Morgan fingerprint density at radius 3 is 2.52 bits per heavy atom. The molecule has 3 heterocycles. The number of carbonyl (C=O) groups excluding carboxylic acids is 1. The second-order valence-electron chi connectivity index (χ2n) is 6.56. The Kier molecular flexibility index (Phi) is 5.10. The number of hydrazone groups is 1. The first-order valence-corrected chi connectivity index (χ1v) is 9.00. The molecule has 7 heteroatoms. The van der Waals surface area contributed by atoms with Crippen molar-refractivity contribution in [2.75, 3.05) is 0 Å². The Morgan fingerprint density at radius 1 is 0.966 bits per heavy atom. The first-order chi connectivity index (χ1) is 13.8. The molecule has 1 atom stereocenters. The van der Waals surface area contributed by atoms with Gasteiger partial charge in [-0.15, -0.1) is 12.4 Å². The van der Waals surface area contributed by atoms with E-state index in [4.69, 9.17) is 4.42 Å². The van der Waals surface area contributed by atoms with Crippen LogP contribution < -0.4 is 0 Å². The number of amides is 1. The highest BCUT2D eigenvalue weighted by Crippen LogP contribution is 2.34. The quantitative estimate of drug-likeness (QED) is 0.498. The molecule has 0 radical (unpaired) electrons. The molecule has 0 saturated carbocycles. The predicted molar refractivity (Wildman–Crippen MR) is 112 cm³/mol. The van der Waals surface area contributed by atoms with Crippen molar-refractivity contribution in [3.05, 3.63) is 96.2 Å². The number of hydrogen-bond donors (Lipinski definition) is 0. The van der Waals surface area contributed by atoms with E-state index in [9.17, 15) is 4.79 Å². The lowest BCUT2D eigenvalue weighted by Gasteiger charge is -2.21. The second kappa shape index (κ2) is 7.85. The summed E-state index contributed by atoms with van der Waals surface area (Å²) in [4.78, 5) is 21.7. The number of fused-ring (bicyclic) bond motifs is 1. The monoisotopic (exact) mass is 404 g/mol. The van der Waals surface area contributed by atoms with E-state index < -0.39 is 0 Å². The minimum Gasteiger partial charge on any atom is -0.459 e. The van der Waals surface area contributed by atoms with Gasteiger partial charge < -0.3 is 4.42 Å². The van der Waals surface area contributed by atoms with Gasteiger partial charge in [-0.3, -0.25) is 14.8 Å². The lowest BCUT2D eigenvalue weighted by Crippen LogP contribution is -2.26. The summed E-state index contributed by atoms with van der Waals surface area (Å²) < 4.78 is 5.32. The van der Waals surface area contributed by atoms with Gasteiger partial charge in [-0.1, -0.05) is 36.4 Å². The van der Waals surface area contributed by atoms with Gasteiger partial charge in [0.25, 0.3) is 0 Å². The highest BCUT2D eigenvalue weighted by Gasteiger charge is 2.34. The normalized spacial score (nSPS) is 15.8. The molecule has 5 rings (SSSR count). The van der Waals surface area contributed by atoms with Crippen LogP contribution in [0.15, 0.2) is 88.8 Å². The molecule has 0 bridgehead atoms. The van der Waals surface area contributed by atoms with Crippen molar-refractivity contribution in [2.45, 2.75) is 12.5 Å². The van der Waals surface area contributed by atoms with Gasteiger partial charge >= 0.3 is 5.91 Å². The maximum absolute atomic E-state index is 13.0. The summed E-state index contributed by atoms with van der Waals surface area (Å²) >= 11 is 0. The van der Waals surface area contributed by atoms with E-state index in [1.54, 1.807) is 24.5 Å². The molecule has 144 valence electrons. The zero-order chi connectivity index (χ0) is 18.9. The van der Waals surface area contributed by atoms with Crippen LogP contribution in [0.3, 0.4) is 0 Å². The third kappa shape index (κ3) is 3.50. The Bertz CT molecular complexity index is 1180. The molecule has 29 heavy (non-hydrogen) atoms. The molecule has 0 spiro atoms. The molecule has 6 nitrogen and oxygen atoms in total. The number of furan rings is 1. The first-order valence-electron chi connectivity index (χ1n) is 9.00. The Hall–Kier alpha value is -3.51. The van der Waals surface area contributed by atoms with Crippen LogP contribution in [0.25, 0.3) is 11.0 Å². The third-order valence-electron chi connectivity index (χ3n) is 4.84. The average Bonchev–Trinajstić information content (AvgIpc) is 3.44. The van der Waals surface area contributed by atoms with E-state index >= 15 is 0 Å². The first kappa shape index (κ1) is 18.8. The summed E-state index contributed by atoms with van der Waals surface area (Å²) in [5, 5.41) is 6.17. The molecule has 0 saturated heterocycles. The molecule has 0 aliphatic carbocycles. The van der Waals surface area contributed by atoms with Crippen LogP contribution in [0.2, 0.25) is 0 Å². The topological polar surface area (TPSA) is 71.6 Å². The lowest BCUT2D eigenvalue weighted by atomic mass is 9.98. The Labute approximate surface area is 173 Å². The van der Waals surface area contributed by atoms with E-state index in [1.807, 2.05) is 48.5 Å². The zero-order valence-electron chi connectivity index (χ0n) is 15.3. The number of halogens is 1. The number of carbonyl (C=O) groups is 1. The van der Waals surface area contributed by atoms with E-state index in [0.29, 0.717) is 6.42 Å². The van der Waals surface area contributed by atoms with E-state index in [1.165, 1.54) is 11.3 Å². The summed E-state index contributed by atoms with van der Waals surface area (Å²) in [5.41, 5.74) is 4.44. The number of aromatic nitrogens is 2. The van der Waals surface area contributed by atoms with E-state index in [2.05, 4.69) is 15.1 Å². The number of rotatable bonds is 3. The second-order valence-corrected chi connectivity index (χ2v) is 6.56. The molecule has 0 fully saturated rings. The highest BCUT2D eigenvalue weighted by atomic mass is 35.5. The van der Waals surface area contributed by atoms with E-state index in [0.717, 1.165) is 27.9 Å². The van der Waals surface area contributed by atoms with Gasteiger partial charge in [0.05, 0.1) is 29.1 Å². The number of hydrogen-bond acceptors (Lipinski definition) is 5. The molecule has 1 amide bonds. The van der Waals surface area contributed by atoms with Crippen LogP contribution >= 0.6 is 12.4 Å². The minimum atomic E-state index is -0.264. The summed E-state index contributed by atoms with van der Waals surface area (Å²) in [6.45, 7) is 0. The van der Waals surface area contributed by atoms with Gasteiger partial charge in [-0.25, -0.2) is 5.01 Å². The van der Waals surface area contributed by atoms with Crippen LogP contribution in [0.4, 0.5) is 0 Å². The molecule has 4 aromatic rings. The molecular formula is C22H17ClN4O2. The maximum Gasteiger partial charge on any atom is 0.310 e. The largest absolute Gasteiger partial charge is 0.459 e. The Morgan fingerprint density at radius 2 is 1.76 bits per heavy atom. The number of benzene rings is 2. The molecule has 0 N–H and O–H groups in total. The zero-order valence-corrected chi connectivity index (χ0v) is 16.1.